The molecule has 160 valence electrons. The van der Waals surface area contributed by atoms with Crippen LogP contribution >= 0.6 is 0 Å². The number of aromatic nitrogens is 2. The molecule has 1 aromatic carbocycles. The Hall–Kier alpha value is -3.62. The van der Waals surface area contributed by atoms with Crippen LogP contribution in [0.25, 0.3) is 11.3 Å². The highest BCUT2D eigenvalue weighted by Crippen LogP contribution is 2.34. The molecule has 0 saturated carbocycles. The summed E-state index contributed by atoms with van der Waals surface area (Å²) < 4.78 is 39.4. The van der Waals surface area contributed by atoms with Crippen molar-refractivity contribution >= 4 is 23.4 Å². The topological polar surface area (TPSA) is 70.2 Å². The van der Waals surface area contributed by atoms with Crippen molar-refractivity contribution in [2.75, 3.05) is 28.6 Å². The molecule has 6 nitrogen and oxygen atoms in total. The monoisotopic (exact) mass is 427 g/mol. The van der Waals surface area contributed by atoms with E-state index in [1.807, 2.05) is 0 Å². The van der Waals surface area contributed by atoms with Gasteiger partial charge in [-0.1, -0.05) is 18.2 Å². The number of hydrogen-bond acceptors (Lipinski definition) is 4. The maximum Gasteiger partial charge on any atom is 0.416 e. The summed E-state index contributed by atoms with van der Waals surface area (Å²) in [5, 5.41) is 6.00. The average Bonchev–Trinajstić information content (AvgIpc) is 2.74. The van der Waals surface area contributed by atoms with E-state index < -0.39 is 17.8 Å². The first kappa shape index (κ1) is 20.6. The number of urea groups is 1. The quantitative estimate of drug-likeness (QED) is 0.574. The van der Waals surface area contributed by atoms with E-state index in [-0.39, 0.29) is 0 Å². The van der Waals surface area contributed by atoms with Gasteiger partial charge in [0.05, 0.1) is 16.9 Å². The SMILES string of the molecule is O=C(Nc1ccccn1)N1CCCCNc2ccc(-c3cccc(C(F)(F)F)c3)nc21. The molecule has 0 spiro atoms. The van der Waals surface area contributed by atoms with Gasteiger partial charge in [0.1, 0.15) is 5.82 Å². The van der Waals surface area contributed by atoms with Crippen LogP contribution in [-0.2, 0) is 6.18 Å². The number of carbonyl (C=O) groups is 1. The number of rotatable bonds is 2. The van der Waals surface area contributed by atoms with Crippen molar-refractivity contribution in [1.82, 2.24) is 9.97 Å². The summed E-state index contributed by atoms with van der Waals surface area (Å²) in [7, 11) is 0. The van der Waals surface area contributed by atoms with Gasteiger partial charge in [-0.05, 0) is 49.2 Å². The molecule has 1 aliphatic heterocycles. The highest BCUT2D eigenvalue weighted by Gasteiger charge is 2.30. The Balaban J connectivity index is 1.71. The molecular formula is C22H20F3N5O. The zero-order chi connectivity index (χ0) is 21.8. The first-order chi connectivity index (χ1) is 14.9. The standard InChI is InChI=1S/C22H20F3N5O/c23-22(24,25)16-7-5-6-15(14-16)17-9-10-18-20(28-17)30(13-4-3-11-26-18)21(31)29-19-8-1-2-12-27-19/h1-2,5-10,12,14,26H,3-4,11,13H2,(H,27,29,31). The van der Waals surface area contributed by atoms with Crippen LogP contribution in [0.4, 0.5) is 35.3 Å². The molecule has 0 fully saturated rings. The van der Waals surface area contributed by atoms with Crippen molar-refractivity contribution in [3.05, 3.63) is 66.4 Å². The van der Waals surface area contributed by atoms with Gasteiger partial charge < -0.3 is 5.32 Å². The lowest BCUT2D eigenvalue weighted by Crippen LogP contribution is -2.38. The van der Waals surface area contributed by atoms with E-state index in [1.54, 1.807) is 42.6 Å². The molecular weight excluding hydrogens is 407 g/mol. The molecule has 31 heavy (non-hydrogen) atoms. The molecule has 0 saturated heterocycles. The van der Waals surface area contributed by atoms with Crippen molar-refractivity contribution in [2.24, 2.45) is 0 Å². The van der Waals surface area contributed by atoms with E-state index >= 15 is 0 Å². The Morgan fingerprint density at radius 2 is 1.94 bits per heavy atom. The number of fused-ring (bicyclic) bond motifs is 1. The summed E-state index contributed by atoms with van der Waals surface area (Å²) in [6.45, 7) is 1.14. The maximum absolute atomic E-state index is 13.1. The minimum Gasteiger partial charge on any atom is -0.382 e. The zero-order valence-corrected chi connectivity index (χ0v) is 16.5. The van der Waals surface area contributed by atoms with Crippen LogP contribution in [-0.4, -0.2) is 29.1 Å². The van der Waals surface area contributed by atoms with Crippen molar-refractivity contribution in [2.45, 2.75) is 19.0 Å². The number of hydrogen-bond donors (Lipinski definition) is 2. The molecule has 0 aliphatic carbocycles. The van der Waals surface area contributed by atoms with Gasteiger partial charge in [0.15, 0.2) is 5.82 Å². The van der Waals surface area contributed by atoms with Gasteiger partial charge >= 0.3 is 12.2 Å². The number of amides is 2. The van der Waals surface area contributed by atoms with E-state index in [1.165, 1.54) is 11.0 Å². The van der Waals surface area contributed by atoms with E-state index in [0.29, 0.717) is 41.7 Å². The fraction of sp³-hybridized carbons (Fsp3) is 0.227. The predicted molar refractivity (Wildman–Crippen MR) is 113 cm³/mol. The molecule has 3 heterocycles. The van der Waals surface area contributed by atoms with Gasteiger partial charge in [-0.15, -0.1) is 0 Å². The molecule has 0 atom stereocenters. The molecule has 2 amide bonds. The molecule has 0 radical (unpaired) electrons. The van der Waals surface area contributed by atoms with Crippen molar-refractivity contribution in [3.8, 4) is 11.3 Å². The smallest absolute Gasteiger partial charge is 0.382 e. The van der Waals surface area contributed by atoms with Crippen molar-refractivity contribution in [3.63, 3.8) is 0 Å². The van der Waals surface area contributed by atoms with Gasteiger partial charge in [0.2, 0.25) is 0 Å². The third-order valence-corrected chi connectivity index (χ3v) is 4.89. The second kappa shape index (κ2) is 8.63. The lowest BCUT2D eigenvalue weighted by atomic mass is 10.1. The van der Waals surface area contributed by atoms with Gasteiger partial charge in [-0.3, -0.25) is 10.2 Å². The molecule has 2 aromatic heterocycles. The number of nitrogens with one attached hydrogen (secondary N) is 2. The Bertz CT molecular complexity index is 1070. The molecule has 0 unspecified atom stereocenters. The molecule has 0 bridgehead atoms. The second-order valence-electron chi connectivity index (χ2n) is 7.08. The normalized spacial score (nSPS) is 14.1. The van der Waals surface area contributed by atoms with Crippen LogP contribution in [0.5, 0.6) is 0 Å². The third kappa shape index (κ3) is 4.76. The molecule has 3 aromatic rings. The Labute approximate surface area is 177 Å². The summed E-state index contributed by atoms with van der Waals surface area (Å²) in [5.74, 6) is 0.765. The molecule has 4 rings (SSSR count). The van der Waals surface area contributed by atoms with Crippen molar-refractivity contribution < 1.29 is 18.0 Å². The van der Waals surface area contributed by atoms with Gasteiger partial charge in [-0.25, -0.2) is 14.8 Å². The van der Waals surface area contributed by atoms with E-state index in [2.05, 4.69) is 20.6 Å². The van der Waals surface area contributed by atoms with Gasteiger partial charge in [0, 0.05) is 24.8 Å². The lowest BCUT2D eigenvalue weighted by molar-refractivity contribution is -0.137. The number of alkyl halides is 3. The number of pyridine rings is 2. The zero-order valence-electron chi connectivity index (χ0n) is 16.5. The third-order valence-electron chi connectivity index (χ3n) is 4.89. The average molecular weight is 427 g/mol. The number of nitrogens with zero attached hydrogens (tertiary/aromatic N) is 3. The molecule has 2 N–H and O–H groups in total. The highest BCUT2D eigenvalue weighted by molar-refractivity contribution is 6.02. The summed E-state index contributed by atoms with van der Waals surface area (Å²) in [6, 6.07) is 13.2. The highest BCUT2D eigenvalue weighted by atomic mass is 19.4. The Morgan fingerprint density at radius 3 is 2.71 bits per heavy atom. The maximum atomic E-state index is 13.1. The fourth-order valence-corrected chi connectivity index (χ4v) is 3.34. The first-order valence-corrected chi connectivity index (χ1v) is 9.84. The van der Waals surface area contributed by atoms with Crippen LogP contribution < -0.4 is 15.5 Å². The summed E-state index contributed by atoms with van der Waals surface area (Å²) in [5.41, 5.74) is 0.570. The minimum absolute atomic E-state index is 0.324. The molecule has 1 aliphatic rings. The minimum atomic E-state index is -4.45. The van der Waals surface area contributed by atoms with E-state index in [4.69, 9.17) is 0 Å². The largest absolute Gasteiger partial charge is 0.416 e. The van der Waals surface area contributed by atoms with Crippen LogP contribution in [0.1, 0.15) is 18.4 Å². The fourth-order valence-electron chi connectivity index (χ4n) is 3.34. The van der Waals surface area contributed by atoms with Gasteiger partial charge in [-0.2, -0.15) is 13.2 Å². The number of carbonyl (C=O) groups excluding carboxylic acids is 1. The van der Waals surface area contributed by atoms with Crippen molar-refractivity contribution in [1.29, 1.82) is 0 Å². The summed E-state index contributed by atoms with van der Waals surface area (Å²) in [4.78, 5) is 23.2. The molecule has 9 heteroatoms. The van der Waals surface area contributed by atoms with E-state index in [9.17, 15) is 18.0 Å². The summed E-state index contributed by atoms with van der Waals surface area (Å²) >= 11 is 0. The van der Waals surface area contributed by atoms with Crippen LogP contribution in [0.2, 0.25) is 0 Å². The van der Waals surface area contributed by atoms with E-state index in [0.717, 1.165) is 25.0 Å². The Kier molecular flexibility index (Phi) is 5.75. The predicted octanol–water partition coefficient (Wildman–Crippen LogP) is 5.41. The first-order valence-electron chi connectivity index (χ1n) is 9.84. The second-order valence-corrected chi connectivity index (χ2v) is 7.08. The summed E-state index contributed by atoms with van der Waals surface area (Å²) in [6.07, 6.45) is -1.27. The number of halogens is 3. The number of benzene rings is 1. The number of anilines is 3. The Morgan fingerprint density at radius 1 is 1.06 bits per heavy atom. The van der Waals surface area contributed by atoms with Gasteiger partial charge in [0.25, 0.3) is 0 Å². The lowest BCUT2D eigenvalue weighted by Gasteiger charge is -2.27. The van der Waals surface area contributed by atoms with Crippen LogP contribution in [0, 0.1) is 0 Å². The van der Waals surface area contributed by atoms with Crippen LogP contribution in [0.3, 0.4) is 0 Å². The van der Waals surface area contributed by atoms with Crippen LogP contribution in [0.15, 0.2) is 60.8 Å².